The largest absolute Gasteiger partial charge is 0.573 e. The molecule has 1 aromatic heterocycles. The Morgan fingerprint density at radius 3 is 2.40 bits per heavy atom. The standard InChI is InChI=1S/C27H27F3N4O3S2.C2H6O/c1-2-19(15-35)31-26(38)34-13-11-18(12-14-34)25-33-23(16-39-25)24(36)32-22-6-4-3-5-21(22)17-7-9-20(10-8-17)37-27(28,29)30;1-3-2/h3-10,15-16,18-19H,2,11-14H2,1H3,(H,31,38)(H,32,36);1-2H3. The molecule has 0 radical (unpaired) electrons. The third-order valence-electron chi connectivity index (χ3n) is 6.37. The Bertz CT molecular complexity index is 1330. The molecule has 3 aromatic rings. The first-order valence-corrected chi connectivity index (χ1v) is 14.5. The number of anilines is 1. The van der Waals surface area contributed by atoms with Gasteiger partial charge in [0, 0.05) is 49.9 Å². The summed E-state index contributed by atoms with van der Waals surface area (Å²) in [5, 5.41) is 9.15. The third-order valence-corrected chi connectivity index (χ3v) is 7.76. The number of thiocarbonyl (C=S) groups is 1. The smallest absolute Gasteiger partial charge is 0.406 e. The number of para-hydroxylation sites is 1. The van der Waals surface area contributed by atoms with E-state index in [0.717, 1.165) is 37.2 Å². The van der Waals surface area contributed by atoms with Gasteiger partial charge in [-0.05, 0) is 55.2 Å². The van der Waals surface area contributed by atoms with E-state index in [0.29, 0.717) is 34.0 Å². The Balaban J connectivity index is 0.00000155. The summed E-state index contributed by atoms with van der Waals surface area (Å²) in [7, 11) is 3.25. The quantitative estimate of drug-likeness (QED) is 0.225. The van der Waals surface area contributed by atoms with Crippen molar-refractivity contribution in [2.75, 3.05) is 32.6 Å². The molecule has 1 aliphatic rings. The van der Waals surface area contributed by atoms with Crippen LogP contribution in [0.2, 0.25) is 0 Å². The zero-order valence-electron chi connectivity index (χ0n) is 23.4. The van der Waals surface area contributed by atoms with Gasteiger partial charge in [0.05, 0.1) is 11.0 Å². The van der Waals surface area contributed by atoms with Crippen LogP contribution in [-0.2, 0) is 9.53 Å². The second kappa shape index (κ2) is 15.6. The van der Waals surface area contributed by atoms with E-state index >= 15 is 0 Å². The van der Waals surface area contributed by atoms with E-state index in [9.17, 15) is 22.8 Å². The minimum Gasteiger partial charge on any atom is -0.406 e. The minimum absolute atomic E-state index is 0.202. The van der Waals surface area contributed by atoms with E-state index in [1.807, 2.05) is 6.92 Å². The SMILES string of the molecule is CCC(C=O)NC(=S)N1CCC(c2nc(C(=O)Nc3ccccc3-c3ccc(OC(F)(F)F)cc3)cs2)CC1.COC. The summed E-state index contributed by atoms with van der Waals surface area (Å²) < 4.78 is 45.6. The number of amides is 1. The van der Waals surface area contributed by atoms with Crippen molar-refractivity contribution >= 4 is 46.5 Å². The molecule has 0 spiro atoms. The van der Waals surface area contributed by atoms with Gasteiger partial charge in [-0.2, -0.15) is 0 Å². The molecule has 1 amide bonds. The van der Waals surface area contributed by atoms with Gasteiger partial charge in [0.1, 0.15) is 17.7 Å². The number of aldehydes is 1. The van der Waals surface area contributed by atoms with Gasteiger partial charge in [0.15, 0.2) is 5.11 Å². The first-order chi connectivity index (χ1) is 20.1. The average molecular weight is 623 g/mol. The van der Waals surface area contributed by atoms with E-state index in [2.05, 4.69) is 30.0 Å². The van der Waals surface area contributed by atoms with Crippen LogP contribution in [0.15, 0.2) is 53.9 Å². The Kier molecular flexibility index (Phi) is 12.3. The summed E-state index contributed by atoms with van der Waals surface area (Å²) >= 11 is 6.89. The lowest BCUT2D eigenvalue weighted by Gasteiger charge is -2.33. The van der Waals surface area contributed by atoms with Gasteiger partial charge in [-0.3, -0.25) is 4.79 Å². The topological polar surface area (TPSA) is 92.8 Å². The van der Waals surface area contributed by atoms with Crippen LogP contribution >= 0.6 is 23.6 Å². The summed E-state index contributed by atoms with van der Waals surface area (Å²) in [5.41, 5.74) is 2.08. The van der Waals surface area contributed by atoms with Crippen molar-refractivity contribution in [1.82, 2.24) is 15.2 Å². The lowest BCUT2D eigenvalue weighted by Crippen LogP contribution is -2.47. The minimum atomic E-state index is -4.77. The molecule has 2 aromatic carbocycles. The fraction of sp³-hybridized carbons (Fsp3) is 0.379. The maximum absolute atomic E-state index is 13.0. The molecule has 2 heterocycles. The highest BCUT2D eigenvalue weighted by Gasteiger charge is 2.31. The van der Waals surface area contributed by atoms with Gasteiger partial charge in [-0.15, -0.1) is 24.5 Å². The number of carbonyl (C=O) groups is 2. The number of likely N-dealkylation sites (tertiary alicyclic amines) is 1. The zero-order chi connectivity index (χ0) is 30.7. The van der Waals surface area contributed by atoms with Crippen LogP contribution in [0, 0.1) is 0 Å². The van der Waals surface area contributed by atoms with Crippen LogP contribution in [0.5, 0.6) is 5.75 Å². The van der Waals surface area contributed by atoms with E-state index < -0.39 is 6.36 Å². The van der Waals surface area contributed by atoms with E-state index in [4.69, 9.17) is 12.2 Å². The number of alkyl halides is 3. The second-order valence-electron chi connectivity index (χ2n) is 9.41. The van der Waals surface area contributed by atoms with E-state index in [1.165, 1.54) is 35.6 Å². The number of hydrogen-bond acceptors (Lipinski definition) is 7. The molecule has 2 N–H and O–H groups in total. The van der Waals surface area contributed by atoms with Crippen molar-refractivity contribution in [3.05, 3.63) is 64.6 Å². The van der Waals surface area contributed by atoms with Crippen LogP contribution in [0.1, 0.15) is 47.6 Å². The van der Waals surface area contributed by atoms with E-state index in [-0.39, 0.29) is 23.6 Å². The molecular formula is C29H33F3N4O4S2. The van der Waals surface area contributed by atoms with Crippen LogP contribution in [0.4, 0.5) is 18.9 Å². The van der Waals surface area contributed by atoms with Crippen molar-refractivity contribution in [2.45, 2.75) is 44.5 Å². The van der Waals surface area contributed by atoms with Gasteiger partial charge in [0.25, 0.3) is 5.91 Å². The molecule has 1 fully saturated rings. The predicted molar refractivity (Wildman–Crippen MR) is 161 cm³/mol. The first-order valence-electron chi connectivity index (χ1n) is 13.2. The third kappa shape index (κ3) is 9.50. The monoisotopic (exact) mass is 622 g/mol. The number of ether oxygens (including phenoxy) is 2. The first kappa shape index (κ1) is 33.0. The van der Waals surface area contributed by atoms with Crippen molar-refractivity contribution in [3.63, 3.8) is 0 Å². The predicted octanol–water partition coefficient (Wildman–Crippen LogP) is 6.26. The average Bonchev–Trinajstić information content (AvgIpc) is 3.47. The van der Waals surface area contributed by atoms with Crippen molar-refractivity contribution in [2.24, 2.45) is 0 Å². The van der Waals surface area contributed by atoms with Crippen LogP contribution < -0.4 is 15.4 Å². The van der Waals surface area contributed by atoms with Gasteiger partial charge < -0.3 is 29.8 Å². The van der Waals surface area contributed by atoms with Crippen LogP contribution in [0.25, 0.3) is 11.1 Å². The Hall–Kier alpha value is -3.55. The highest BCUT2D eigenvalue weighted by molar-refractivity contribution is 7.80. The molecule has 226 valence electrons. The summed E-state index contributed by atoms with van der Waals surface area (Å²) in [6.07, 6.45) is -1.59. The Morgan fingerprint density at radius 2 is 1.81 bits per heavy atom. The number of thiazole rings is 1. The van der Waals surface area contributed by atoms with Gasteiger partial charge in [-0.25, -0.2) is 4.98 Å². The number of carbonyl (C=O) groups excluding carboxylic acids is 2. The number of benzene rings is 2. The number of methoxy groups -OCH3 is 1. The second-order valence-corrected chi connectivity index (χ2v) is 10.7. The summed E-state index contributed by atoms with van der Waals surface area (Å²) in [5.74, 6) is -0.490. The fourth-order valence-electron chi connectivity index (χ4n) is 4.26. The molecule has 0 saturated carbocycles. The normalized spacial score (nSPS) is 14.3. The molecule has 1 saturated heterocycles. The Labute approximate surface area is 252 Å². The molecule has 1 unspecified atom stereocenters. The highest BCUT2D eigenvalue weighted by Crippen LogP contribution is 2.33. The summed E-state index contributed by atoms with van der Waals surface area (Å²) in [6, 6.07) is 12.2. The zero-order valence-corrected chi connectivity index (χ0v) is 25.1. The Morgan fingerprint density at radius 1 is 1.17 bits per heavy atom. The summed E-state index contributed by atoms with van der Waals surface area (Å²) in [6.45, 7) is 3.38. The molecule has 8 nitrogen and oxygen atoms in total. The van der Waals surface area contributed by atoms with Crippen LogP contribution in [0.3, 0.4) is 0 Å². The van der Waals surface area contributed by atoms with Crippen LogP contribution in [-0.4, -0.2) is 66.9 Å². The lowest BCUT2D eigenvalue weighted by atomic mass is 9.98. The maximum atomic E-state index is 13.0. The van der Waals surface area contributed by atoms with Gasteiger partial charge in [0.2, 0.25) is 0 Å². The molecule has 42 heavy (non-hydrogen) atoms. The highest BCUT2D eigenvalue weighted by atomic mass is 32.1. The van der Waals surface area contributed by atoms with Gasteiger partial charge in [-0.1, -0.05) is 37.3 Å². The molecule has 13 heteroatoms. The number of halogens is 3. The van der Waals surface area contributed by atoms with Crippen molar-refractivity contribution in [1.29, 1.82) is 0 Å². The maximum Gasteiger partial charge on any atom is 0.573 e. The molecule has 0 bridgehead atoms. The molecular weight excluding hydrogens is 589 g/mol. The van der Waals surface area contributed by atoms with Crippen molar-refractivity contribution < 1.29 is 32.2 Å². The number of piperidine rings is 1. The number of hydrogen-bond donors (Lipinski definition) is 2. The molecule has 1 atom stereocenters. The number of aromatic nitrogens is 1. The molecule has 1 aliphatic heterocycles. The molecule has 4 rings (SSSR count). The van der Waals surface area contributed by atoms with E-state index in [1.54, 1.807) is 43.9 Å². The summed E-state index contributed by atoms with van der Waals surface area (Å²) in [4.78, 5) is 30.8. The number of nitrogens with zero attached hydrogens (tertiary/aromatic N) is 2. The van der Waals surface area contributed by atoms with Crippen molar-refractivity contribution in [3.8, 4) is 16.9 Å². The van der Waals surface area contributed by atoms with Gasteiger partial charge >= 0.3 is 6.36 Å². The number of rotatable bonds is 8. The lowest BCUT2D eigenvalue weighted by molar-refractivity contribution is -0.274. The fourth-order valence-corrected chi connectivity index (χ4v) is 5.56. The number of nitrogens with one attached hydrogen (secondary N) is 2. The molecule has 0 aliphatic carbocycles.